The Morgan fingerprint density at radius 3 is 2.72 bits per heavy atom. The van der Waals surface area contributed by atoms with E-state index in [9.17, 15) is 9.59 Å². The Labute approximate surface area is 103 Å². The number of aliphatic carboxylic acids is 1. The van der Waals surface area contributed by atoms with Gasteiger partial charge < -0.3 is 5.11 Å². The van der Waals surface area contributed by atoms with E-state index in [4.69, 9.17) is 5.11 Å². The number of aromatic nitrogens is 2. The monoisotopic (exact) mass is 244 g/mol. The summed E-state index contributed by atoms with van der Waals surface area (Å²) in [6.45, 7) is 1.89. The standard InChI is InChI=1S/C13H12N2O3/c1-2-11-14-9-5-3-4-6-10(9)15(11)12(16)7-8-13(17)18/h3-8H,2H2,1H3,(H,17,18)/b8-7+. The number of rotatable bonds is 3. The molecule has 1 aromatic carbocycles. The highest BCUT2D eigenvalue weighted by Crippen LogP contribution is 2.16. The normalized spacial score (nSPS) is 11.2. The summed E-state index contributed by atoms with van der Waals surface area (Å²) >= 11 is 0. The molecule has 1 heterocycles. The number of hydrogen-bond acceptors (Lipinski definition) is 3. The minimum atomic E-state index is -1.15. The van der Waals surface area contributed by atoms with Crippen molar-refractivity contribution in [1.29, 1.82) is 0 Å². The SMILES string of the molecule is CCc1nc2ccccc2n1C(=O)/C=C/C(=O)O. The number of carbonyl (C=O) groups is 2. The van der Waals surface area contributed by atoms with E-state index in [1.165, 1.54) is 4.57 Å². The maximum Gasteiger partial charge on any atom is 0.328 e. The van der Waals surface area contributed by atoms with Gasteiger partial charge in [0, 0.05) is 18.6 Å². The van der Waals surface area contributed by atoms with Gasteiger partial charge in [-0.1, -0.05) is 19.1 Å². The van der Waals surface area contributed by atoms with Crippen molar-refractivity contribution in [3.63, 3.8) is 0 Å². The Morgan fingerprint density at radius 1 is 1.33 bits per heavy atom. The largest absolute Gasteiger partial charge is 0.478 e. The molecule has 0 spiro atoms. The van der Waals surface area contributed by atoms with Crippen LogP contribution in [0.1, 0.15) is 17.5 Å². The lowest BCUT2D eigenvalue weighted by Gasteiger charge is -2.02. The summed E-state index contributed by atoms with van der Waals surface area (Å²) in [4.78, 5) is 26.7. The summed E-state index contributed by atoms with van der Waals surface area (Å²) < 4.78 is 1.44. The van der Waals surface area contributed by atoms with Crippen molar-refractivity contribution in [2.24, 2.45) is 0 Å². The van der Waals surface area contributed by atoms with Crippen LogP contribution in [0.25, 0.3) is 11.0 Å². The number of aryl methyl sites for hydroxylation is 1. The minimum absolute atomic E-state index is 0.400. The topological polar surface area (TPSA) is 72.2 Å². The molecule has 0 saturated heterocycles. The molecule has 2 aromatic rings. The van der Waals surface area contributed by atoms with E-state index >= 15 is 0 Å². The summed E-state index contributed by atoms with van der Waals surface area (Å²) in [6.07, 6.45) is 2.47. The number of benzene rings is 1. The fourth-order valence-corrected chi connectivity index (χ4v) is 1.78. The Balaban J connectivity index is 2.54. The van der Waals surface area contributed by atoms with Gasteiger partial charge in [0.05, 0.1) is 11.0 Å². The minimum Gasteiger partial charge on any atom is -0.478 e. The molecule has 0 atom stereocenters. The first-order valence-electron chi connectivity index (χ1n) is 5.55. The molecule has 0 aliphatic carbocycles. The predicted octanol–water partition coefficient (Wildman–Crippen LogP) is 1.88. The summed E-state index contributed by atoms with van der Waals surface area (Å²) in [5, 5.41) is 8.54. The van der Waals surface area contributed by atoms with Crippen LogP contribution in [0.3, 0.4) is 0 Å². The van der Waals surface area contributed by atoms with Crippen LogP contribution in [0.5, 0.6) is 0 Å². The lowest BCUT2D eigenvalue weighted by molar-refractivity contribution is -0.131. The first kappa shape index (κ1) is 12.0. The number of para-hydroxylation sites is 2. The van der Waals surface area contributed by atoms with Crippen molar-refractivity contribution in [2.45, 2.75) is 13.3 Å². The fraction of sp³-hybridized carbons (Fsp3) is 0.154. The molecule has 5 heteroatoms. The third-order valence-electron chi connectivity index (χ3n) is 2.54. The van der Waals surface area contributed by atoms with Gasteiger partial charge in [0.1, 0.15) is 5.82 Å². The van der Waals surface area contributed by atoms with Gasteiger partial charge in [-0.3, -0.25) is 9.36 Å². The van der Waals surface area contributed by atoms with E-state index in [2.05, 4.69) is 4.98 Å². The van der Waals surface area contributed by atoms with Crippen LogP contribution < -0.4 is 0 Å². The van der Waals surface area contributed by atoms with Crippen LogP contribution >= 0.6 is 0 Å². The first-order chi connectivity index (χ1) is 8.63. The molecule has 1 aromatic heterocycles. The second-order valence-corrected chi connectivity index (χ2v) is 3.72. The van der Waals surface area contributed by atoms with Crippen LogP contribution in [0.15, 0.2) is 36.4 Å². The molecule has 0 saturated carbocycles. The van der Waals surface area contributed by atoms with Crippen LogP contribution in [0, 0.1) is 0 Å². The number of imidazole rings is 1. The molecule has 2 rings (SSSR count). The van der Waals surface area contributed by atoms with E-state index in [-0.39, 0.29) is 0 Å². The number of carboxylic acids is 1. The van der Waals surface area contributed by atoms with Gasteiger partial charge in [0.15, 0.2) is 0 Å². The number of fused-ring (bicyclic) bond motifs is 1. The quantitative estimate of drug-likeness (QED) is 0.837. The molecule has 0 unspecified atom stereocenters. The van der Waals surface area contributed by atoms with Crippen molar-refractivity contribution in [3.05, 3.63) is 42.2 Å². The fourth-order valence-electron chi connectivity index (χ4n) is 1.78. The highest BCUT2D eigenvalue weighted by molar-refractivity contribution is 6.00. The third-order valence-corrected chi connectivity index (χ3v) is 2.54. The molecule has 92 valence electrons. The number of nitrogens with zero attached hydrogens (tertiary/aromatic N) is 2. The van der Waals surface area contributed by atoms with Crippen molar-refractivity contribution in [2.75, 3.05) is 0 Å². The molecule has 0 fully saturated rings. The van der Waals surface area contributed by atoms with Crippen LogP contribution in [-0.4, -0.2) is 26.5 Å². The van der Waals surface area contributed by atoms with Crippen molar-refractivity contribution in [3.8, 4) is 0 Å². The maximum atomic E-state index is 12.0. The Bertz CT molecular complexity index is 641. The number of allylic oxidation sites excluding steroid dienone is 1. The Kier molecular flexibility index (Phi) is 3.23. The number of carbonyl (C=O) groups excluding carboxylic acids is 1. The van der Waals surface area contributed by atoms with Crippen LogP contribution in [-0.2, 0) is 11.2 Å². The van der Waals surface area contributed by atoms with Crippen LogP contribution in [0.2, 0.25) is 0 Å². The van der Waals surface area contributed by atoms with Gasteiger partial charge in [-0.05, 0) is 12.1 Å². The zero-order valence-corrected chi connectivity index (χ0v) is 9.83. The highest BCUT2D eigenvalue weighted by Gasteiger charge is 2.13. The van der Waals surface area contributed by atoms with E-state index < -0.39 is 11.9 Å². The van der Waals surface area contributed by atoms with Gasteiger partial charge in [0.25, 0.3) is 5.91 Å². The molecule has 0 aliphatic rings. The third kappa shape index (κ3) is 2.15. The van der Waals surface area contributed by atoms with E-state index in [0.29, 0.717) is 17.8 Å². The molecule has 0 bridgehead atoms. The van der Waals surface area contributed by atoms with Gasteiger partial charge >= 0.3 is 5.97 Å². The molecule has 0 radical (unpaired) electrons. The molecular formula is C13H12N2O3. The Morgan fingerprint density at radius 2 is 2.06 bits per heavy atom. The Hall–Kier alpha value is -2.43. The average molecular weight is 244 g/mol. The summed E-state index contributed by atoms with van der Waals surface area (Å²) in [7, 11) is 0. The molecule has 5 nitrogen and oxygen atoms in total. The summed E-state index contributed by atoms with van der Waals surface area (Å²) in [6, 6.07) is 7.26. The summed E-state index contributed by atoms with van der Waals surface area (Å²) in [5.74, 6) is -0.926. The maximum absolute atomic E-state index is 12.0. The molecule has 0 aliphatic heterocycles. The van der Waals surface area contributed by atoms with Gasteiger partial charge in [-0.15, -0.1) is 0 Å². The van der Waals surface area contributed by atoms with Gasteiger partial charge in [0.2, 0.25) is 0 Å². The first-order valence-corrected chi connectivity index (χ1v) is 5.55. The molecule has 0 amide bonds. The zero-order chi connectivity index (χ0) is 13.1. The lowest BCUT2D eigenvalue weighted by atomic mass is 10.3. The number of carboxylic acid groups (broad SMARTS) is 1. The highest BCUT2D eigenvalue weighted by atomic mass is 16.4. The number of hydrogen-bond donors (Lipinski definition) is 1. The van der Waals surface area contributed by atoms with E-state index in [1.807, 2.05) is 25.1 Å². The van der Waals surface area contributed by atoms with E-state index in [1.54, 1.807) is 6.07 Å². The molecule has 18 heavy (non-hydrogen) atoms. The zero-order valence-electron chi connectivity index (χ0n) is 9.83. The molecular weight excluding hydrogens is 232 g/mol. The second kappa shape index (κ2) is 4.83. The second-order valence-electron chi connectivity index (χ2n) is 3.72. The van der Waals surface area contributed by atoms with Crippen molar-refractivity contribution in [1.82, 2.24) is 9.55 Å². The summed E-state index contributed by atoms with van der Waals surface area (Å²) in [5.41, 5.74) is 1.42. The smallest absolute Gasteiger partial charge is 0.328 e. The van der Waals surface area contributed by atoms with Crippen molar-refractivity contribution >= 4 is 22.9 Å². The van der Waals surface area contributed by atoms with Gasteiger partial charge in [-0.2, -0.15) is 0 Å². The van der Waals surface area contributed by atoms with Crippen LogP contribution in [0.4, 0.5) is 0 Å². The van der Waals surface area contributed by atoms with Crippen molar-refractivity contribution < 1.29 is 14.7 Å². The van der Waals surface area contributed by atoms with Gasteiger partial charge in [-0.25, -0.2) is 9.78 Å². The predicted molar refractivity (Wildman–Crippen MR) is 66.5 cm³/mol. The lowest BCUT2D eigenvalue weighted by Crippen LogP contribution is -2.11. The molecule has 1 N–H and O–H groups in total. The van der Waals surface area contributed by atoms with E-state index in [0.717, 1.165) is 17.7 Å². The average Bonchev–Trinajstić information content (AvgIpc) is 2.74.